The van der Waals surface area contributed by atoms with Gasteiger partial charge in [0.05, 0.1) is 18.0 Å². The monoisotopic (exact) mass is 231 g/mol. The van der Waals surface area contributed by atoms with Gasteiger partial charge in [-0.25, -0.2) is 4.39 Å². The van der Waals surface area contributed by atoms with Crippen molar-refractivity contribution in [2.24, 2.45) is 0 Å². The van der Waals surface area contributed by atoms with Crippen LogP contribution in [0.4, 0.5) is 4.39 Å². The van der Waals surface area contributed by atoms with Crippen LogP contribution in [0.25, 0.3) is 0 Å². The van der Waals surface area contributed by atoms with E-state index in [1.165, 1.54) is 12.1 Å². The zero-order chi connectivity index (χ0) is 12.3. The fourth-order valence-electron chi connectivity index (χ4n) is 1.75. The van der Waals surface area contributed by atoms with Gasteiger partial charge in [-0.05, 0) is 24.6 Å². The SMILES string of the molecule is Cc1cccc(CC(O)c2ccc(F)cn2)c1. The van der Waals surface area contributed by atoms with Gasteiger partial charge in [0.1, 0.15) is 5.82 Å². The maximum atomic E-state index is 12.7. The third-order valence-electron chi connectivity index (χ3n) is 2.60. The number of aromatic nitrogens is 1. The summed E-state index contributed by atoms with van der Waals surface area (Å²) in [5.74, 6) is -0.392. The second-order valence-electron chi connectivity index (χ2n) is 4.11. The first-order valence-corrected chi connectivity index (χ1v) is 5.50. The number of aliphatic hydroxyl groups is 1. The molecule has 3 heteroatoms. The summed E-state index contributed by atoms with van der Waals surface area (Å²) in [5, 5.41) is 9.97. The van der Waals surface area contributed by atoms with Crippen LogP contribution in [0.1, 0.15) is 22.9 Å². The molecule has 2 aromatic rings. The van der Waals surface area contributed by atoms with Crippen molar-refractivity contribution in [3.8, 4) is 0 Å². The van der Waals surface area contributed by atoms with Gasteiger partial charge in [-0.2, -0.15) is 0 Å². The first kappa shape index (κ1) is 11.7. The van der Waals surface area contributed by atoms with Gasteiger partial charge in [0, 0.05) is 6.42 Å². The normalized spacial score (nSPS) is 12.4. The molecule has 0 radical (unpaired) electrons. The van der Waals surface area contributed by atoms with Crippen LogP contribution in [0.15, 0.2) is 42.6 Å². The number of rotatable bonds is 3. The van der Waals surface area contributed by atoms with Gasteiger partial charge < -0.3 is 5.11 Å². The van der Waals surface area contributed by atoms with Crippen molar-refractivity contribution < 1.29 is 9.50 Å². The second kappa shape index (κ2) is 5.06. The topological polar surface area (TPSA) is 33.1 Å². The number of benzene rings is 1. The number of halogens is 1. The predicted octanol–water partition coefficient (Wildman–Crippen LogP) is 2.81. The van der Waals surface area contributed by atoms with E-state index in [0.29, 0.717) is 12.1 Å². The highest BCUT2D eigenvalue weighted by molar-refractivity contribution is 5.24. The van der Waals surface area contributed by atoms with E-state index >= 15 is 0 Å². The standard InChI is InChI=1S/C14H14FNO/c1-10-3-2-4-11(7-10)8-14(17)13-6-5-12(15)9-16-13/h2-7,9,14,17H,8H2,1H3. The van der Waals surface area contributed by atoms with Gasteiger partial charge in [-0.15, -0.1) is 0 Å². The Labute approximate surface area is 99.8 Å². The summed E-state index contributed by atoms with van der Waals surface area (Å²) in [6.45, 7) is 2.01. The summed E-state index contributed by atoms with van der Waals surface area (Å²) in [4.78, 5) is 3.87. The molecule has 1 aromatic carbocycles. The Morgan fingerprint density at radius 3 is 2.76 bits per heavy atom. The molecule has 0 saturated heterocycles. The lowest BCUT2D eigenvalue weighted by Crippen LogP contribution is -2.04. The van der Waals surface area contributed by atoms with E-state index < -0.39 is 11.9 Å². The highest BCUT2D eigenvalue weighted by atomic mass is 19.1. The number of nitrogens with zero attached hydrogens (tertiary/aromatic N) is 1. The van der Waals surface area contributed by atoms with Gasteiger partial charge in [0.2, 0.25) is 0 Å². The summed E-state index contributed by atoms with van der Waals surface area (Å²) in [6.07, 6.45) is 0.909. The molecule has 0 fully saturated rings. The zero-order valence-corrected chi connectivity index (χ0v) is 9.60. The van der Waals surface area contributed by atoms with Crippen molar-refractivity contribution in [3.63, 3.8) is 0 Å². The number of aliphatic hydroxyl groups excluding tert-OH is 1. The first-order chi connectivity index (χ1) is 8.15. The van der Waals surface area contributed by atoms with E-state index in [1.54, 1.807) is 0 Å². The van der Waals surface area contributed by atoms with E-state index in [9.17, 15) is 9.50 Å². The number of hydrogen-bond acceptors (Lipinski definition) is 2. The lowest BCUT2D eigenvalue weighted by atomic mass is 10.0. The van der Waals surface area contributed by atoms with Crippen LogP contribution in [0.2, 0.25) is 0 Å². The van der Waals surface area contributed by atoms with E-state index in [2.05, 4.69) is 4.98 Å². The van der Waals surface area contributed by atoms with Crippen molar-refractivity contribution in [1.29, 1.82) is 0 Å². The van der Waals surface area contributed by atoms with Crippen LogP contribution in [0.5, 0.6) is 0 Å². The minimum atomic E-state index is -0.697. The minimum absolute atomic E-state index is 0.392. The quantitative estimate of drug-likeness (QED) is 0.881. The van der Waals surface area contributed by atoms with Crippen molar-refractivity contribution >= 4 is 0 Å². The van der Waals surface area contributed by atoms with Gasteiger partial charge in [0.15, 0.2) is 0 Å². The average molecular weight is 231 g/mol. The van der Waals surface area contributed by atoms with Crippen LogP contribution in [-0.2, 0) is 6.42 Å². The molecule has 0 spiro atoms. The number of pyridine rings is 1. The van der Waals surface area contributed by atoms with Crippen LogP contribution < -0.4 is 0 Å². The van der Waals surface area contributed by atoms with Crippen molar-refractivity contribution in [3.05, 3.63) is 65.2 Å². The van der Waals surface area contributed by atoms with Gasteiger partial charge >= 0.3 is 0 Å². The molecule has 17 heavy (non-hydrogen) atoms. The Morgan fingerprint density at radius 1 is 1.29 bits per heavy atom. The molecule has 1 atom stereocenters. The summed E-state index contributed by atoms with van der Waals surface area (Å²) in [7, 11) is 0. The Hall–Kier alpha value is -1.74. The predicted molar refractivity (Wildman–Crippen MR) is 64.0 cm³/mol. The summed E-state index contributed by atoms with van der Waals surface area (Å²) < 4.78 is 12.7. The minimum Gasteiger partial charge on any atom is -0.386 e. The van der Waals surface area contributed by atoms with E-state index in [1.807, 2.05) is 31.2 Å². The van der Waals surface area contributed by atoms with Crippen LogP contribution in [-0.4, -0.2) is 10.1 Å². The summed E-state index contributed by atoms with van der Waals surface area (Å²) in [6, 6.07) is 10.8. The molecule has 0 saturated carbocycles. The second-order valence-corrected chi connectivity index (χ2v) is 4.11. The maximum Gasteiger partial charge on any atom is 0.141 e. The molecular formula is C14H14FNO. The molecule has 1 N–H and O–H groups in total. The van der Waals surface area contributed by atoms with Gasteiger partial charge in [-0.1, -0.05) is 29.8 Å². The van der Waals surface area contributed by atoms with Gasteiger partial charge in [0.25, 0.3) is 0 Å². The number of aryl methyl sites for hydroxylation is 1. The fraction of sp³-hybridized carbons (Fsp3) is 0.214. The Balaban J connectivity index is 2.11. The van der Waals surface area contributed by atoms with E-state index in [0.717, 1.165) is 17.3 Å². The molecule has 0 aliphatic carbocycles. The molecule has 1 unspecified atom stereocenters. The molecule has 1 aromatic heterocycles. The van der Waals surface area contributed by atoms with Crippen molar-refractivity contribution in [1.82, 2.24) is 4.98 Å². The Kier molecular flexibility index (Phi) is 3.49. The van der Waals surface area contributed by atoms with Gasteiger partial charge in [-0.3, -0.25) is 4.98 Å². The van der Waals surface area contributed by atoms with Crippen molar-refractivity contribution in [2.45, 2.75) is 19.4 Å². The number of hydrogen-bond donors (Lipinski definition) is 1. The third-order valence-corrected chi connectivity index (χ3v) is 2.60. The molecule has 0 bridgehead atoms. The smallest absolute Gasteiger partial charge is 0.141 e. The van der Waals surface area contributed by atoms with E-state index in [-0.39, 0.29) is 0 Å². The molecule has 0 aliphatic heterocycles. The highest BCUT2D eigenvalue weighted by Gasteiger charge is 2.10. The third kappa shape index (κ3) is 3.11. The molecular weight excluding hydrogens is 217 g/mol. The molecule has 1 heterocycles. The Morgan fingerprint density at radius 2 is 2.12 bits per heavy atom. The lowest BCUT2D eigenvalue weighted by molar-refractivity contribution is 0.173. The fourth-order valence-corrected chi connectivity index (χ4v) is 1.75. The van der Waals surface area contributed by atoms with E-state index in [4.69, 9.17) is 0 Å². The molecule has 0 aliphatic rings. The van der Waals surface area contributed by atoms with Crippen LogP contribution in [0, 0.1) is 12.7 Å². The van der Waals surface area contributed by atoms with Crippen LogP contribution >= 0.6 is 0 Å². The molecule has 0 amide bonds. The molecule has 2 rings (SSSR count). The first-order valence-electron chi connectivity index (χ1n) is 5.50. The largest absolute Gasteiger partial charge is 0.386 e. The Bertz CT molecular complexity index is 496. The van der Waals surface area contributed by atoms with Crippen molar-refractivity contribution in [2.75, 3.05) is 0 Å². The average Bonchev–Trinajstić information content (AvgIpc) is 2.29. The molecule has 88 valence electrons. The maximum absolute atomic E-state index is 12.7. The molecule has 2 nitrogen and oxygen atoms in total. The lowest BCUT2D eigenvalue weighted by Gasteiger charge is -2.10. The zero-order valence-electron chi connectivity index (χ0n) is 9.60. The summed E-state index contributed by atoms with van der Waals surface area (Å²) >= 11 is 0. The highest BCUT2D eigenvalue weighted by Crippen LogP contribution is 2.17. The van der Waals surface area contributed by atoms with Crippen LogP contribution in [0.3, 0.4) is 0 Å². The summed E-state index contributed by atoms with van der Waals surface area (Å²) in [5.41, 5.74) is 2.69.